The van der Waals surface area contributed by atoms with Gasteiger partial charge >= 0.3 is 11.9 Å². The van der Waals surface area contributed by atoms with Crippen LogP contribution in [0.5, 0.6) is 0 Å². The zero-order valence-electron chi connectivity index (χ0n) is 26.4. The highest BCUT2D eigenvalue weighted by atomic mass is 79.9. The standard InChI is InChI=1S/C34H41BrClN3O6/c1-6-28(42)44-18-27(41)34(45-29(43)7-2)19(3)10-25-24-9-8-22-11-20-16-39(30-37-14-23(35)15-38-30)17-21(20)12-31(22,4)33(24,36)26(40)13-32(25,34)5/h11,14-17,19,24-26,40H,6-10,12-13,18H2,1-5H3/t19-,24-,25-,26-,31-,32-,33-,34+/m0/s1. The molecule has 0 spiro atoms. The Hall–Kier alpha value is -2.56. The summed E-state index contributed by atoms with van der Waals surface area (Å²) in [6.45, 7) is 8.95. The summed E-state index contributed by atoms with van der Waals surface area (Å²) in [4.78, 5) is 47.0. The molecule has 11 heteroatoms. The number of hydrogen-bond acceptors (Lipinski definition) is 8. The first kappa shape index (κ1) is 32.4. The Balaban J connectivity index is 1.38. The smallest absolute Gasteiger partial charge is 0.306 e. The van der Waals surface area contributed by atoms with Crippen LogP contribution in [0.1, 0.15) is 84.3 Å². The number of rotatable bonds is 7. The van der Waals surface area contributed by atoms with Crippen molar-refractivity contribution in [1.29, 1.82) is 0 Å². The van der Waals surface area contributed by atoms with Gasteiger partial charge in [0, 0.05) is 54.4 Å². The molecule has 45 heavy (non-hydrogen) atoms. The summed E-state index contributed by atoms with van der Waals surface area (Å²) < 4.78 is 14.2. The number of aromatic nitrogens is 3. The van der Waals surface area contributed by atoms with Crippen molar-refractivity contribution in [1.82, 2.24) is 14.5 Å². The Kier molecular flexibility index (Phi) is 8.13. The van der Waals surface area contributed by atoms with Gasteiger partial charge in [0.15, 0.2) is 12.2 Å². The number of ketones is 1. The number of aliphatic hydroxyl groups is 1. The average Bonchev–Trinajstić information content (AvgIpc) is 3.51. The number of allylic oxidation sites excluding steroid dienone is 1. The second-order valence-corrected chi connectivity index (χ2v) is 15.4. The summed E-state index contributed by atoms with van der Waals surface area (Å²) >= 11 is 11.3. The number of carbonyl (C=O) groups excluding carboxylic acids is 3. The summed E-state index contributed by atoms with van der Waals surface area (Å²) in [7, 11) is 0. The van der Waals surface area contributed by atoms with Crippen LogP contribution in [0.2, 0.25) is 0 Å². The number of esters is 2. The van der Waals surface area contributed by atoms with E-state index in [4.69, 9.17) is 21.1 Å². The number of aliphatic hydroxyl groups excluding tert-OH is 1. The fraction of sp³-hybridized carbons (Fsp3) is 0.618. The third-order valence-electron chi connectivity index (χ3n) is 11.7. The Labute approximate surface area is 277 Å². The van der Waals surface area contributed by atoms with Crippen LogP contribution >= 0.6 is 27.5 Å². The van der Waals surface area contributed by atoms with E-state index in [0.29, 0.717) is 18.8 Å². The Bertz CT molecular complexity index is 1580. The molecule has 2 aromatic rings. The molecule has 0 aromatic carbocycles. The van der Waals surface area contributed by atoms with E-state index in [-0.39, 0.29) is 37.0 Å². The average molecular weight is 703 g/mol. The van der Waals surface area contributed by atoms with Crippen LogP contribution in [-0.2, 0) is 30.3 Å². The van der Waals surface area contributed by atoms with Crippen LogP contribution < -0.4 is 0 Å². The maximum Gasteiger partial charge on any atom is 0.306 e. The molecule has 9 nitrogen and oxygen atoms in total. The van der Waals surface area contributed by atoms with E-state index in [1.807, 2.05) is 30.8 Å². The van der Waals surface area contributed by atoms with Crippen LogP contribution in [0.15, 0.2) is 34.8 Å². The van der Waals surface area contributed by atoms with Gasteiger partial charge in [-0.25, -0.2) is 9.97 Å². The van der Waals surface area contributed by atoms with E-state index in [1.165, 1.54) is 5.57 Å². The number of hydrogen-bond donors (Lipinski definition) is 1. The van der Waals surface area contributed by atoms with Gasteiger partial charge in [-0.1, -0.05) is 46.3 Å². The van der Waals surface area contributed by atoms with E-state index in [9.17, 15) is 19.5 Å². The van der Waals surface area contributed by atoms with Crippen molar-refractivity contribution in [3.8, 4) is 5.95 Å². The molecule has 3 saturated carbocycles. The molecule has 4 aliphatic rings. The fourth-order valence-electron chi connectivity index (χ4n) is 9.54. The van der Waals surface area contributed by atoms with Gasteiger partial charge in [-0.05, 0) is 71.0 Å². The van der Waals surface area contributed by atoms with E-state index < -0.39 is 51.7 Å². The first-order valence-corrected chi connectivity index (χ1v) is 17.1. The molecule has 0 unspecified atom stereocenters. The lowest BCUT2D eigenvalue weighted by Gasteiger charge is -2.65. The van der Waals surface area contributed by atoms with Gasteiger partial charge in [-0.2, -0.15) is 0 Å². The molecule has 8 atom stereocenters. The molecule has 0 saturated heterocycles. The second-order valence-electron chi connectivity index (χ2n) is 13.8. The van der Waals surface area contributed by atoms with Crippen molar-refractivity contribution in [3.05, 3.63) is 46.0 Å². The lowest BCUT2D eigenvalue weighted by molar-refractivity contribution is -0.204. The highest BCUT2D eigenvalue weighted by Gasteiger charge is 2.76. The van der Waals surface area contributed by atoms with Crippen molar-refractivity contribution in [2.75, 3.05) is 6.61 Å². The molecule has 0 bridgehead atoms. The molecule has 242 valence electrons. The molecule has 6 rings (SSSR count). The molecule has 0 aliphatic heterocycles. The Morgan fingerprint density at radius 3 is 2.47 bits per heavy atom. The predicted molar refractivity (Wildman–Crippen MR) is 172 cm³/mol. The van der Waals surface area contributed by atoms with Crippen molar-refractivity contribution in [2.24, 2.45) is 28.6 Å². The van der Waals surface area contributed by atoms with Crippen molar-refractivity contribution >= 4 is 51.3 Å². The minimum Gasteiger partial charge on any atom is -0.457 e. The van der Waals surface area contributed by atoms with Gasteiger partial charge < -0.3 is 14.6 Å². The maximum absolute atomic E-state index is 14.1. The SMILES string of the molecule is CCC(=O)OCC(=O)[C@]1(OC(=O)CC)[C@@H](C)C[C@H]2[C@@H]3CCC4=Cc5cn(-c6ncc(Br)cn6)cc5C[C@]4(C)[C@@]3(Cl)[C@@H](O)C[C@@]21C. The van der Waals surface area contributed by atoms with Gasteiger partial charge in [0.1, 0.15) is 0 Å². The fourth-order valence-corrected chi connectivity index (χ4v) is 10.3. The van der Waals surface area contributed by atoms with Crippen molar-refractivity contribution in [3.63, 3.8) is 0 Å². The predicted octanol–water partition coefficient (Wildman–Crippen LogP) is 6.00. The lowest BCUT2D eigenvalue weighted by atomic mass is 9.44. The number of alkyl halides is 1. The monoisotopic (exact) mass is 701 g/mol. The summed E-state index contributed by atoms with van der Waals surface area (Å²) in [6.07, 6.45) is 11.9. The van der Waals surface area contributed by atoms with Crippen LogP contribution in [0.3, 0.4) is 0 Å². The van der Waals surface area contributed by atoms with E-state index in [1.54, 1.807) is 26.2 Å². The van der Waals surface area contributed by atoms with Crippen LogP contribution in [0.25, 0.3) is 12.0 Å². The second kappa shape index (κ2) is 11.3. The van der Waals surface area contributed by atoms with Gasteiger partial charge in [0.05, 0.1) is 15.5 Å². The summed E-state index contributed by atoms with van der Waals surface area (Å²) in [5.74, 6) is -1.46. The van der Waals surface area contributed by atoms with E-state index in [0.717, 1.165) is 28.4 Å². The summed E-state index contributed by atoms with van der Waals surface area (Å²) in [5.41, 5.74) is 0.387. The Morgan fingerprint density at radius 1 is 1.11 bits per heavy atom. The Morgan fingerprint density at radius 2 is 1.80 bits per heavy atom. The number of nitrogens with zero attached hydrogens (tertiary/aromatic N) is 3. The molecule has 2 heterocycles. The van der Waals surface area contributed by atoms with Crippen molar-refractivity contribution in [2.45, 2.75) is 96.1 Å². The van der Waals surface area contributed by atoms with Gasteiger partial charge in [-0.3, -0.25) is 19.0 Å². The molecule has 4 aliphatic carbocycles. The topological polar surface area (TPSA) is 121 Å². The molecule has 0 radical (unpaired) electrons. The molecule has 0 amide bonds. The maximum atomic E-state index is 14.1. The number of fused-ring (bicyclic) bond motifs is 6. The largest absolute Gasteiger partial charge is 0.457 e. The zero-order chi connectivity index (χ0) is 32.5. The van der Waals surface area contributed by atoms with Crippen LogP contribution in [0, 0.1) is 28.6 Å². The van der Waals surface area contributed by atoms with Crippen LogP contribution in [0.4, 0.5) is 0 Å². The minimum absolute atomic E-state index is 0.0994. The summed E-state index contributed by atoms with van der Waals surface area (Å²) in [6, 6.07) is 0. The molecule has 3 fully saturated rings. The highest BCUT2D eigenvalue weighted by Crippen LogP contribution is 2.72. The third kappa shape index (κ3) is 4.60. The highest BCUT2D eigenvalue weighted by molar-refractivity contribution is 9.10. The number of carbonyl (C=O) groups is 3. The zero-order valence-corrected chi connectivity index (χ0v) is 28.8. The number of ether oxygens (including phenoxy) is 2. The number of halogens is 2. The van der Waals surface area contributed by atoms with E-state index in [2.05, 4.69) is 38.9 Å². The lowest BCUT2D eigenvalue weighted by Crippen LogP contribution is -2.70. The molecule has 2 aromatic heterocycles. The van der Waals surface area contributed by atoms with Gasteiger partial charge in [-0.15, -0.1) is 11.6 Å². The number of Topliss-reactive ketones (excluding diaryl/α,β-unsaturated/α-hetero) is 1. The summed E-state index contributed by atoms with van der Waals surface area (Å²) in [5, 5.41) is 12.3. The minimum atomic E-state index is -1.55. The van der Waals surface area contributed by atoms with E-state index >= 15 is 0 Å². The first-order valence-electron chi connectivity index (χ1n) is 15.9. The van der Waals surface area contributed by atoms with Crippen LogP contribution in [-0.4, -0.2) is 60.5 Å². The van der Waals surface area contributed by atoms with Gasteiger partial charge in [0.2, 0.25) is 11.7 Å². The normalized spacial score (nSPS) is 36.6. The quantitative estimate of drug-likeness (QED) is 0.276. The van der Waals surface area contributed by atoms with Gasteiger partial charge in [0.25, 0.3) is 0 Å². The third-order valence-corrected chi connectivity index (χ3v) is 13.0. The van der Waals surface area contributed by atoms with Crippen molar-refractivity contribution < 1.29 is 29.0 Å². The molecular formula is C34H41BrClN3O6. The molecule has 1 N–H and O–H groups in total. The first-order chi connectivity index (χ1) is 21.2. The molecular weight excluding hydrogens is 662 g/mol.